The third-order valence-electron chi connectivity index (χ3n) is 5.70. The molecule has 1 saturated carbocycles. The van der Waals surface area contributed by atoms with Crippen molar-refractivity contribution in [2.75, 3.05) is 5.32 Å². The van der Waals surface area contributed by atoms with Crippen molar-refractivity contribution in [3.05, 3.63) is 66.2 Å². The number of hydrogen-bond donors (Lipinski definition) is 2. The molecule has 8 nitrogen and oxygen atoms in total. The highest BCUT2D eigenvalue weighted by molar-refractivity contribution is 7.89. The molecule has 9 heteroatoms. The summed E-state index contributed by atoms with van der Waals surface area (Å²) in [6.45, 7) is 4.31. The lowest BCUT2D eigenvalue weighted by atomic mass is 10.0. The van der Waals surface area contributed by atoms with E-state index >= 15 is 0 Å². The largest absolute Gasteiger partial charge is 0.488 e. The number of sulfonamides is 1. The minimum atomic E-state index is -3.71. The van der Waals surface area contributed by atoms with Gasteiger partial charge in [0.05, 0.1) is 17.2 Å². The van der Waals surface area contributed by atoms with Crippen molar-refractivity contribution in [3.63, 3.8) is 0 Å². The summed E-state index contributed by atoms with van der Waals surface area (Å²) >= 11 is 0. The third-order valence-corrected chi connectivity index (χ3v) is 6.63. The maximum atomic E-state index is 11.4. The van der Waals surface area contributed by atoms with Gasteiger partial charge in [0.15, 0.2) is 0 Å². The molecule has 1 aliphatic carbocycles. The SMILES string of the molecule is CC(C)c1ccncc1OC1CC[C@H](c2cnc(Nc3ccc(S(N)(=O)=O)cc3)nc2)C1. The summed E-state index contributed by atoms with van der Waals surface area (Å²) in [5.41, 5.74) is 2.94. The van der Waals surface area contributed by atoms with E-state index < -0.39 is 10.0 Å². The van der Waals surface area contributed by atoms with Gasteiger partial charge in [-0.15, -0.1) is 0 Å². The molecule has 1 aliphatic rings. The molecule has 0 radical (unpaired) electrons. The van der Waals surface area contributed by atoms with E-state index in [1.807, 2.05) is 24.7 Å². The Hall–Kier alpha value is -3.04. The molecule has 1 fully saturated rings. The molecule has 0 amide bonds. The Kier molecular flexibility index (Phi) is 6.38. The molecule has 2 atom stereocenters. The number of rotatable bonds is 7. The maximum Gasteiger partial charge on any atom is 0.238 e. The van der Waals surface area contributed by atoms with E-state index in [0.717, 1.165) is 30.6 Å². The first-order valence-electron chi connectivity index (χ1n) is 10.6. The molecule has 2 aromatic heterocycles. The van der Waals surface area contributed by atoms with Crippen LogP contribution in [-0.2, 0) is 10.0 Å². The van der Waals surface area contributed by atoms with E-state index in [-0.39, 0.29) is 11.0 Å². The number of nitrogens with zero attached hydrogens (tertiary/aromatic N) is 3. The average Bonchev–Trinajstić information content (AvgIpc) is 3.23. The van der Waals surface area contributed by atoms with Gasteiger partial charge >= 0.3 is 0 Å². The van der Waals surface area contributed by atoms with E-state index in [4.69, 9.17) is 9.88 Å². The molecular formula is C23H27N5O3S. The van der Waals surface area contributed by atoms with Crippen LogP contribution in [0.4, 0.5) is 11.6 Å². The molecule has 168 valence electrons. The van der Waals surface area contributed by atoms with Crippen LogP contribution in [-0.4, -0.2) is 29.5 Å². The second-order valence-electron chi connectivity index (χ2n) is 8.35. The minimum Gasteiger partial charge on any atom is -0.488 e. The van der Waals surface area contributed by atoms with E-state index in [1.54, 1.807) is 18.3 Å². The molecule has 0 saturated heterocycles. The summed E-state index contributed by atoms with van der Waals surface area (Å²) in [7, 11) is -3.71. The molecule has 3 aromatic rings. The van der Waals surface area contributed by atoms with Crippen molar-refractivity contribution in [2.45, 2.75) is 55.9 Å². The van der Waals surface area contributed by atoms with Crippen LogP contribution in [0, 0.1) is 0 Å². The number of primary sulfonamides is 1. The van der Waals surface area contributed by atoms with Gasteiger partial charge < -0.3 is 10.1 Å². The highest BCUT2D eigenvalue weighted by atomic mass is 32.2. The quantitative estimate of drug-likeness (QED) is 0.552. The minimum absolute atomic E-state index is 0.0594. The summed E-state index contributed by atoms with van der Waals surface area (Å²) in [5.74, 6) is 2.05. The summed E-state index contributed by atoms with van der Waals surface area (Å²) in [6.07, 6.45) is 10.4. The van der Waals surface area contributed by atoms with Gasteiger partial charge in [-0.3, -0.25) is 4.98 Å². The molecule has 4 rings (SSSR count). The smallest absolute Gasteiger partial charge is 0.238 e. The number of ether oxygens (including phenoxy) is 1. The Morgan fingerprint density at radius 2 is 1.78 bits per heavy atom. The van der Waals surface area contributed by atoms with Crippen LogP contribution in [0.1, 0.15) is 56.1 Å². The Balaban J connectivity index is 1.37. The van der Waals surface area contributed by atoms with E-state index in [2.05, 4.69) is 34.1 Å². The number of nitrogens with one attached hydrogen (secondary N) is 1. The van der Waals surface area contributed by atoms with Crippen molar-refractivity contribution in [2.24, 2.45) is 5.14 Å². The molecule has 2 heterocycles. The lowest BCUT2D eigenvalue weighted by molar-refractivity contribution is 0.204. The summed E-state index contributed by atoms with van der Waals surface area (Å²) in [6, 6.07) is 8.16. The van der Waals surface area contributed by atoms with Crippen molar-refractivity contribution in [1.82, 2.24) is 15.0 Å². The van der Waals surface area contributed by atoms with Crippen LogP contribution >= 0.6 is 0 Å². The predicted molar refractivity (Wildman–Crippen MR) is 122 cm³/mol. The lowest BCUT2D eigenvalue weighted by Gasteiger charge is -2.18. The highest BCUT2D eigenvalue weighted by Gasteiger charge is 2.28. The third kappa shape index (κ3) is 5.23. The van der Waals surface area contributed by atoms with Crippen LogP contribution in [0.5, 0.6) is 5.75 Å². The van der Waals surface area contributed by atoms with Crippen molar-refractivity contribution < 1.29 is 13.2 Å². The van der Waals surface area contributed by atoms with Gasteiger partial charge in [-0.2, -0.15) is 0 Å². The number of anilines is 2. The van der Waals surface area contributed by atoms with Crippen molar-refractivity contribution in [1.29, 1.82) is 0 Å². The van der Waals surface area contributed by atoms with Gasteiger partial charge in [0.2, 0.25) is 16.0 Å². The molecule has 0 spiro atoms. The standard InChI is InChI=1S/C23H27N5O3S/c1-15(2)21-9-10-25-14-22(21)31-19-6-3-16(11-19)17-12-26-23(27-13-17)28-18-4-7-20(8-5-18)32(24,29)30/h4-5,7-10,12-16,19H,3,6,11H2,1-2H3,(H2,24,29,30)(H,26,27,28)/t16-,19?/m0/s1. The van der Waals surface area contributed by atoms with E-state index in [1.165, 1.54) is 17.7 Å². The lowest BCUT2D eigenvalue weighted by Crippen LogP contribution is -2.13. The highest BCUT2D eigenvalue weighted by Crippen LogP contribution is 2.37. The van der Waals surface area contributed by atoms with Gasteiger partial charge in [0, 0.05) is 24.3 Å². The summed E-state index contributed by atoms with van der Waals surface area (Å²) in [5, 5.41) is 8.19. The second kappa shape index (κ2) is 9.22. The fourth-order valence-electron chi connectivity index (χ4n) is 3.97. The molecule has 1 aromatic carbocycles. The maximum absolute atomic E-state index is 11.4. The van der Waals surface area contributed by atoms with Crippen LogP contribution in [0.2, 0.25) is 0 Å². The van der Waals surface area contributed by atoms with Crippen LogP contribution < -0.4 is 15.2 Å². The van der Waals surface area contributed by atoms with Gasteiger partial charge in [-0.25, -0.2) is 23.5 Å². The number of nitrogens with two attached hydrogens (primary N) is 1. The van der Waals surface area contributed by atoms with Crippen molar-refractivity contribution in [3.8, 4) is 5.75 Å². The van der Waals surface area contributed by atoms with Gasteiger partial charge in [0.25, 0.3) is 0 Å². The Labute approximate surface area is 188 Å². The Morgan fingerprint density at radius 1 is 1.06 bits per heavy atom. The van der Waals surface area contributed by atoms with Gasteiger partial charge in [-0.1, -0.05) is 13.8 Å². The fourth-order valence-corrected chi connectivity index (χ4v) is 4.48. The first-order chi connectivity index (χ1) is 15.3. The molecular weight excluding hydrogens is 426 g/mol. The van der Waals surface area contributed by atoms with Gasteiger partial charge in [-0.05, 0) is 72.6 Å². The molecule has 0 aliphatic heterocycles. The molecule has 1 unspecified atom stereocenters. The monoisotopic (exact) mass is 453 g/mol. The Bertz CT molecular complexity index is 1160. The van der Waals surface area contributed by atoms with Crippen LogP contribution in [0.15, 0.2) is 60.0 Å². The molecule has 32 heavy (non-hydrogen) atoms. The van der Waals surface area contributed by atoms with Crippen LogP contribution in [0.25, 0.3) is 0 Å². The normalized spacial score (nSPS) is 18.6. The number of benzene rings is 1. The first-order valence-corrected chi connectivity index (χ1v) is 12.2. The number of pyridine rings is 1. The average molecular weight is 454 g/mol. The zero-order chi connectivity index (χ0) is 22.7. The molecule has 0 bridgehead atoms. The van der Waals surface area contributed by atoms with Gasteiger partial charge in [0.1, 0.15) is 5.75 Å². The number of hydrogen-bond acceptors (Lipinski definition) is 7. The van der Waals surface area contributed by atoms with Crippen LogP contribution in [0.3, 0.4) is 0 Å². The zero-order valence-electron chi connectivity index (χ0n) is 18.1. The van der Waals surface area contributed by atoms with Crippen molar-refractivity contribution >= 4 is 21.7 Å². The van der Waals surface area contributed by atoms with E-state index in [0.29, 0.717) is 23.5 Å². The number of aromatic nitrogens is 3. The topological polar surface area (TPSA) is 120 Å². The Morgan fingerprint density at radius 3 is 2.44 bits per heavy atom. The fraction of sp³-hybridized carbons (Fsp3) is 0.348. The predicted octanol–water partition coefficient (Wildman–Crippen LogP) is 4.10. The first kappa shape index (κ1) is 22.2. The zero-order valence-corrected chi connectivity index (χ0v) is 18.9. The van der Waals surface area contributed by atoms with E-state index in [9.17, 15) is 8.42 Å². The second-order valence-corrected chi connectivity index (χ2v) is 9.91. The molecule has 3 N–H and O–H groups in total. The summed E-state index contributed by atoms with van der Waals surface area (Å²) < 4.78 is 29.0. The summed E-state index contributed by atoms with van der Waals surface area (Å²) in [4.78, 5) is 13.1.